The number of aliphatic hydroxyl groups is 1. The molecule has 0 aliphatic carbocycles. The fraction of sp³-hybridized carbons (Fsp3) is 0.346. The first kappa shape index (κ1) is 23.3. The summed E-state index contributed by atoms with van der Waals surface area (Å²) in [4.78, 5) is 23.1. The second-order valence-electron chi connectivity index (χ2n) is 9.46. The minimum absolute atomic E-state index is 0.0681. The standard InChI is InChI=1S/C26H27ClFN3O2/c1-26(2,3)24-12-16(6-8-30-24)18-10-19(14-29-13-18)20-5-4-17(11-21(20)27)25(33)31-9-7-23(32)22(28)15-31/h4-6,8,10-14,22-23,32H,7,9,15H2,1-3H3. The van der Waals surface area contributed by atoms with E-state index in [4.69, 9.17) is 11.6 Å². The molecular weight excluding hydrogens is 441 g/mol. The molecule has 1 amide bonds. The highest BCUT2D eigenvalue weighted by Crippen LogP contribution is 2.32. The lowest BCUT2D eigenvalue weighted by atomic mass is 9.90. The number of halogens is 2. The van der Waals surface area contributed by atoms with Crippen molar-refractivity contribution in [2.45, 2.75) is 44.9 Å². The molecule has 0 bridgehead atoms. The molecule has 3 aromatic rings. The van der Waals surface area contributed by atoms with E-state index in [1.54, 1.807) is 36.8 Å². The van der Waals surface area contributed by atoms with Crippen LogP contribution in [0.2, 0.25) is 5.02 Å². The summed E-state index contributed by atoms with van der Waals surface area (Å²) in [6.45, 7) is 6.56. The largest absolute Gasteiger partial charge is 0.390 e. The molecule has 1 fully saturated rings. The Labute approximate surface area is 198 Å². The Morgan fingerprint density at radius 1 is 1.12 bits per heavy atom. The Bertz CT molecular complexity index is 1180. The number of carbonyl (C=O) groups excluding carboxylic acids is 1. The molecule has 1 aliphatic heterocycles. The number of piperidine rings is 1. The summed E-state index contributed by atoms with van der Waals surface area (Å²) in [5.41, 5.74) is 4.85. The number of rotatable bonds is 3. The molecule has 2 atom stereocenters. The topological polar surface area (TPSA) is 66.3 Å². The van der Waals surface area contributed by atoms with Gasteiger partial charge in [-0.2, -0.15) is 0 Å². The highest BCUT2D eigenvalue weighted by molar-refractivity contribution is 6.33. The smallest absolute Gasteiger partial charge is 0.254 e. The lowest BCUT2D eigenvalue weighted by molar-refractivity contribution is 0.00826. The Kier molecular flexibility index (Phi) is 6.50. The number of pyridine rings is 2. The number of hydrogen-bond donors (Lipinski definition) is 1. The fourth-order valence-corrected chi connectivity index (χ4v) is 4.20. The van der Waals surface area contributed by atoms with E-state index in [1.165, 1.54) is 4.90 Å². The van der Waals surface area contributed by atoms with Crippen molar-refractivity contribution in [3.05, 3.63) is 71.3 Å². The van der Waals surface area contributed by atoms with E-state index in [9.17, 15) is 14.3 Å². The van der Waals surface area contributed by atoms with Crippen molar-refractivity contribution in [3.8, 4) is 22.3 Å². The van der Waals surface area contributed by atoms with Gasteiger partial charge in [0.1, 0.15) is 6.17 Å². The van der Waals surface area contributed by atoms with Gasteiger partial charge >= 0.3 is 0 Å². The molecule has 5 nitrogen and oxygen atoms in total. The van der Waals surface area contributed by atoms with Crippen LogP contribution in [0.25, 0.3) is 22.3 Å². The maximum atomic E-state index is 13.9. The number of alkyl halides is 1. The molecule has 4 rings (SSSR count). The van der Waals surface area contributed by atoms with E-state index < -0.39 is 12.3 Å². The van der Waals surface area contributed by atoms with E-state index in [2.05, 4.69) is 36.8 Å². The van der Waals surface area contributed by atoms with Gasteiger partial charge in [-0.05, 0) is 42.3 Å². The van der Waals surface area contributed by atoms with Crippen molar-refractivity contribution in [2.24, 2.45) is 0 Å². The zero-order chi connectivity index (χ0) is 23.8. The van der Waals surface area contributed by atoms with Gasteiger partial charge < -0.3 is 10.0 Å². The number of benzene rings is 1. The van der Waals surface area contributed by atoms with Crippen LogP contribution < -0.4 is 0 Å². The molecule has 1 aliphatic rings. The maximum absolute atomic E-state index is 13.9. The van der Waals surface area contributed by atoms with Crippen molar-refractivity contribution in [3.63, 3.8) is 0 Å². The number of carbonyl (C=O) groups is 1. The van der Waals surface area contributed by atoms with Crippen LogP contribution in [0.15, 0.2) is 55.0 Å². The van der Waals surface area contributed by atoms with E-state index in [0.717, 1.165) is 27.9 Å². The average molecular weight is 468 g/mol. The van der Waals surface area contributed by atoms with Crippen molar-refractivity contribution in [2.75, 3.05) is 13.1 Å². The first-order valence-electron chi connectivity index (χ1n) is 11.0. The molecule has 7 heteroatoms. The van der Waals surface area contributed by atoms with Crippen LogP contribution in [0.5, 0.6) is 0 Å². The lowest BCUT2D eigenvalue weighted by Gasteiger charge is -2.32. The Hall–Kier alpha value is -2.83. The summed E-state index contributed by atoms with van der Waals surface area (Å²) in [6, 6.07) is 11.1. The molecule has 1 aromatic carbocycles. The second kappa shape index (κ2) is 9.20. The van der Waals surface area contributed by atoms with E-state index >= 15 is 0 Å². The van der Waals surface area contributed by atoms with Crippen LogP contribution >= 0.6 is 11.6 Å². The summed E-state index contributed by atoms with van der Waals surface area (Å²) in [5.74, 6) is -0.295. The summed E-state index contributed by atoms with van der Waals surface area (Å²) < 4.78 is 13.9. The van der Waals surface area contributed by atoms with Crippen LogP contribution in [0.1, 0.15) is 43.2 Å². The van der Waals surface area contributed by atoms with Gasteiger partial charge in [-0.3, -0.25) is 14.8 Å². The Morgan fingerprint density at radius 2 is 1.88 bits per heavy atom. The number of amides is 1. The molecule has 0 saturated carbocycles. The van der Waals surface area contributed by atoms with Gasteiger partial charge in [0.05, 0.1) is 12.6 Å². The number of hydrogen-bond acceptors (Lipinski definition) is 4. The summed E-state index contributed by atoms with van der Waals surface area (Å²) in [7, 11) is 0. The van der Waals surface area contributed by atoms with Gasteiger partial charge in [-0.1, -0.05) is 38.4 Å². The molecule has 1 N–H and O–H groups in total. The maximum Gasteiger partial charge on any atom is 0.254 e. The third-order valence-electron chi connectivity index (χ3n) is 5.92. The lowest BCUT2D eigenvalue weighted by Crippen LogP contribution is -2.47. The highest BCUT2D eigenvalue weighted by Gasteiger charge is 2.30. The van der Waals surface area contributed by atoms with Gasteiger partial charge in [0.15, 0.2) is 0 Å². The van der Waals surface area contributed by atoms with Crippen LogP contribution in [-0.4, -0.2) is 51.2 Å². The predicted molar refractivity (Wildman–Crippen MR) is 128 cm³/mol. The number of aromatic nitrogens is 2. The number of aliphatic hydroxyl groups excluding tert-OH is 1. The zero-order valence-corrected chi connectivity index (χ0v) is 19.7. The Balaban J connectivity index is 1.60. The predicted octanol–water partition coefficient (Wildman–Crippen LogP) is 5.31. The van der Waals surface area contributed by atoms with Crippen molar-refractivity contribution < 1.29 is 14.3 Å². The highest BCUT2D eigenvalue weighted by atomic mass is 35.5. The first-order chi connectivity index (χ1) is 15.6. The second-order valence-corrected chi connectivity index (χ2v) is 9.87. The zero-order valence-electron chi connectivity index (χ0n) is 18.9. The minimum atomic E-state index is -1.43. The van der Waals surface area contributed by atoms with Gasteiger partial charge in [0, 0.05) is 63.5 Å². The van der Waals surface area contributed by atoms with E-state index in [1.807, 2.05) is 12.1 Å². The van der Waals surface area contributed by atoms with E-state index in [0.29, 0.717) is 17.1 Å². The van der Waals surface area contributed by atoms with Gasteiger partial charge in [0.25, 0.3) is 5.91 Å². The third-order valence-corrected chi connectivity index (χ3v) is 6.23. The summed E-state index contributed by atoms with van der Waals surface area (Å²) in [6.07, 6.45) is 3.12. The SMILES string of the molecule is CC(C)(C)c1cc(-c2cncc(-c3ccc(C(=O)N4CCC(O)C(F)C4)cc3Cl)c2)ccn1. The minimum Gasteiger partial charge on any atom is -0.390 e. The van der Waals surface area contributed by atoms with Gasteiger partial charge in [-0.15, -0.1) is 0 Å². The van der Waals surface area contributed by atoms with Crippen LogP contribution in [-0.2, 0) is 5.41 Å². The van der Waals surface area contributed by atoms with Crippen LogP contribution in [0, 0.1) is 0 Å². The fourth-order valence-electron chi connectivity index (χ4n) is 3.91. The quantitative estimate of drug-likeness (QED) is 0.567. The molecule has 1 saturated heterocycles. The molecule has 2 aromatic heterocycles. The molecule has 172 valence electrons. The normalized spacial score (nSPS) is 18.9. The number of nitrogens with zero attached hydrogens (tertiary/aromatic N) is 3. The molecule has 3 heterocycles. The molecule has 0 spiro atoms. The van der Waals surface area contributed by atoms with Crippen LogP contribution in [0.3, 0.4) is 0 Å². The van der Waals surface area contributed by atoms with Crippen LogP contribution in [0.4, 0.5) is 4.39 Å². The molecule has 33 heavy (non-hydrogen) atoms. The van der Waals surface area contributed by atoms with Crippen molar-refractivity contribution in [1.29, 1.82) is 0 Å². The summed E-state index contributed by atoms with van der Waals surface area (Å²) in [5, 5.41) is 9.99. The Morgan fingerprint density at radius 3 is 2.58 bits per heavy atom. The molecule has 2 unspecified atom stereocenters. The summed E-state index contributed by atoms with van der Waals surface area (Å²) >= 11 is 6.56. The number of likely N-dealkylation sites (tertiary alicyclic amines) is 1. The average Bonchev–Trinajstić information content (AvgIpc) is 2.80. The first-order valence-corrected chi connectivity index (χ1v) is 11.3. The molecular formula is C26H27ClFN3O2. The third kappa shape index (κ3) is 5.07. The van der Waals surface area contributed by atoms with Gasteiger partial charge in [0.2, 0.25) is 0 Å². The monoisotopic (exact) mass is 467 g/mol. The van der Waals surface area contributed by atoms with Crippen molar-refractivity contribution in [1.82, 2.24) is 14.9 Å². The van der Waals surface area contributed by atoms with Gasteiger partial charge in [-0.25, -0.2) is 4.39 Å². The van der Waals surface area contributed by atoms with Crippen molar-refractivity contribution >= 4 is 17.5 Å². The van der Waals surface area contributed by atoms with E-state index in [-0.39, 0.29) is 24.3 Å². The molecule has 0 radical (unpaired) electrons.